The summed E-state index contributed by atoms with van der Waals surface area (Å²) < 4.78 is 0. The van der Waals surface area contributed by atoms with Crippen molar-refractivity contribution in [2.24, 2.45) is 28.9 Å². The molecule has 26 heavy (non-hydrogen) atoms. The summed E-state index contributed by atoms with van der Waals surface area (Å²) in [6, 6.07) is 3.11. The average Bonchev–Trinajstić information content (AvgIpc) is 3.06. The summed E-state index contributed by atoms with van der Waals surface area (Å²) in [5.74, 6) is 2.61. The van der Waals surface area contributed by atoms with Gasteiger partial charge in [-0.05, 0) is 80.1 Å². The van der Waals surface area contributed by atoms with Gasteiger partial charge in [-0.25, -0.2) is 4.79 Å². The highest BCUT2D eigenvalue weighted by Gasteiger charge is 2.53. The second-order valence-electron chi connectivity index (χ2n) is 8.85. The molecule has 0 aliphatic heterocycles. The van der Waals surface area contributed by atoms with Crippen molar-refractivity contribution in [3.05, 3.63) is 22.4 Å². The molecule has 0 unspecified atom stereocenters. The molecule has 4 fully saturated rings. The van der Waals surface area contributed by atoms with Crippen LogP contribution in [0.4, 0.5) is 4.79 Å². The van der Waals surface area contributed by atoms with Crippen molar-refractivity contribution in [3.8, 4) is 0 Å². The Labute approximate surface area is 159 Å². The first-order valence-corrected chi connectivity index (χ1v) is 10.7. The number of hydrogen-bond donors (Lipinski definition) is 3. The highest BCUT2D eigenvalue weighted by Crippen LogP contribution is 2.61. The van der Waals surface area contributed by atoms with Gasteiger partial charge in [0.25, 0.3) is 0 Å². The number of hydrogen-bond acceptors (Lipinski definition) is 3. The lowest BCUT2D eigenvalue weighted by Gasteiger charge is -2.59. The van der Waals surface area contributed by atoms with Crippen LogP contribution in [0.25, 0.3) is 0 Å². The maximum atomic E-state index is 12.7. The van der Waals surface area contributed by atoms with E-state index in [2.05, 4.69) is 17.6 Å². The van der Waals surface area contributed by atoms with E-state index in [1.807, 2.05) is 17.5 Å². The van der Waals surface area contributed by atoms with Crippen LogP contribution in [-0.2, 0) is 4.79 Å². The van der Waals surface area contributed by atoms with Crippen LogP contribution in [0.2, 0.25) is 0 Å². The number of carbonyl (C=O) groups excluding carboxylic acids is 2. The molecule has 1 heterocycles. The molecule has 5 nitrogen and oxygen atoms in total. The fourth-order valence-corrected chi connectivity index (χ4v) is 7.01. The Kier molecular flexibility index (Phi) is 4.71. The van der Waals surface area contributed by atoms with Gasteiger partial charge in [-0.15, -0.1) is 11.3 Å². The van der Waals surface area contributed by atoms with Crippen LogP contribution in [0, 0.1) is 23.2 Å². The Morgan fingerprint density at radius 3 is 2.31 bits per heavy atom. The van der Waals surface area contributed by atoms with E-state index < -0.39 is 6.03 Å². The Morgan fingerprint density at radius 2 is 1.81 bits per heavy atom. The molecule has 4 aliphatic rings. The molecule has 4 bridgehead atoms. The van der Waals surface area contributed by atoms with E-state index in [-0.39, 0.29) is 24.4 Å². The Hall–Kier alpha value is -1.56. The van der Waals surface area contributed by atoms with Crippen LogP contribution in [0.15, 0.2) is 17.5 Å². The zero-order chi connectivity index (χ0) is 18.3. The summed E-state index contributed by atoms with van der Waals surface area (Å²) >= 11 is 1.53. The number of carbonyl (C=O) groups is 2. The van der Waals surface area contributed by atoms with Crippen LogP contribution in [0.1, 0.15) is 62.8 Å². The predicted octanol–water partition coefficient (Wildman–Crippen LogP) is 3.57. The molecule has 5 rings (SSSR count). The predicted molar refractivity (Wildman–Crippen MR) is 103 cm³/mol. The van der Waals surface area contributed by atoms with Crippen molar-refractivity contribution < 1.29 is 9.59 Å². The Bertz CT molecular complexity index is 637. The lowest BCUT2D eigenvalue weighted by molar-refractivity contribution is -0.126. The molecule has 1 aromatic heterocycles. The number of amides is 3. The topological polar surface area (TPSA) is 84.2 Å². The number of urea groups is 1. The lowest BCUT2D eigenvalue weighted by atomic mass is 9.48. The van der Waals surface area contributed by atoms with Crippen LogP contribution in [0.5, 0.6) is 0 Å². The smallest absolute Gasteiger partial charge is 0.312 e. The molecule has 2 atom stereocenters. The van der Waals surface area contributed by atoms with E-state index in [1.54, 1.807) is 0 Å². The van der Waals surface area contributed by atoms with Crippen molar-refractivity contribution in [1.82, 2.24) is 10.6 Å². The molecule has 4 aliphatic carbocycles. The lowest BCUT2D eigenvalue weighted by Crippen LogP contribution is -2.56. The van der Waals surface area contributed by atoms with E-state index in [0.29, 0.717) is 5.41 Å². The van der Waals surface area contributed by atoms with Gasteiger partial charge >= 0.3 is 6.03 Å². The number of thiophene rings is 1. The molecule has 0 aromatic carbocycles. The van der Waals surface area contributed by atoms with Gasteiger partial charge in [0.2, 0.25) is 5.91 Å². The zero-order valence-electron chi connectivity index (χ0n) is 15.4. The summed E-state index contributed by atoms with van der Waals surface area (Å²) in [6.07, 6.45) is 8.27. The van der Waals surface area contributed by atoms with Crippen molar-refractivity contribution in [2.75, 3.05) is 0 Å². The quantitative estimate of drug-likeness (QED) is 0.710. The number of rotatable bonds is 6. The Balaban J connectivity index is 1.40. The van der Waals surface area contributed by atoms with Crippen LogP contribution < -0.4 is 16.4 Å². The first kappa shape index (κ1) is 17.8. The van der Waals surface area contributed by atoms with Gasteiger partial charge in [0.1, 0.15) is 0 Å². The van der Waals surface area contributed by atoms with Gasteiger partial charge in [-0.1, -0.05) is 6.07 Å². The third-order valence-corrected chi connectivity index (χ3v) is 7.96. The molecule has 4 N–H and O–H groups in total. The molecule has 1 aromatic rings. The largest absolute Gasteiger partial charge is 0.353 e. The van der Waals surface area contributed by atoms with E-state index in [4.69, 9.17) is 5.73 Å². The van der Waals surface area contributed by atoms with Crippen LogP contribution >= 0.6 is 11.3 Å². The maximum Gasteiger partial charge on any atom is 0.312 e. The number of nitrogens with one attached hydrogen (secondary N) is 2. The zero-order valence-corrected chi connectivity index (χ0v) is 16.2. The van der Waals surface area contributed by atoms with Crippen molar-refractivity contribution in [1.29, 1.82) is 0 Å². The molecular weight excluding hydrogens is 346 g/mol. The first-order chi connectivity index (χ1) is 12.4. The average molecular weight is 376 g/mol. The van der Waals surface area contributed by atoms with Crippen LogP contribution in [0.3, 0.4) is 0 Å². The van der Waals surface area contributed by atoms with Gasteiger partial charge in [0, 0.05) is 10.9 Å². The summed E-state index contributed by atoms with van der Waals surface area (Å²) in [7, 11) is 0. The molecule has 0 radical (unpaired) electrons. The fraction of sp³-hybridized carbons (Fsp3) is 0.700. The van der Waals surface area contributed by atoms with Crippen LogP contribution in [-0.4, -0.2) is 18.0 Å². The molecule has 142 valence electrons. The van der Waals surface area contributed by atoms with Gasteiger partial charge in [-0.3, -0.25) is 4.79 Å². The monoisotopic (exact) mass is 375 g/mol. The minimum atomic E-state index is -0.592. The summed E-state index contributed by atoms with van der Waals surface area (Å²) in [5.41, 5.74) is 5.59. The molecule has 3 amide bonds. The molecule has 6 heteroatoms. The van der Waals surface area contributed by atoms with E-state index in [1.165, 1.54) is 49.9 Å². The van der Waals surface area contributed by atoms with Gasteiger partial charge < -0.3 is 16.4 Å². The standard InChI is InChI=1S/C20H29N3O2S/c1-12(20-9-13-5-14(10-20)7-15(6-13)11-20)22-18(24)8-16(23-19(21)25)17-3-2-4-26-17/h2-4,12-16H,5-11H2,1H3,(H,22,24)(H3,21,23,25)/t12-,13?,14?,15?,16+,20?/m0/s1. The number of nitrogens with two attached hydrogens (primary N) is 1. The SMILES string of the molecule is C[C@H](NC(=O)C[C@@H](NC(N)=O)c1cccs1)C12CC3CC(CC(C3)C1)C2. The Morgan fingerprint density at radius 1 is 1.19 bits per heavy atom. The normalized spacial score (nSPS) is 34.3. The minimum absolute atomic E-state index is 0.000366. The highest BCUT2D eigenvalue weighted by molar-refractivity contribution is 7.10. The molecule has 0 spiro atoms. The highest BCUT2D eigenvalue weighted by atomic mass is 32.1. The first-order valence-electron chi connectivity index (χ1n) is 9.82. The van der Waals surface area contributed by atoms with Crippen molar-refractivity contribution in [2.45, 2.75) is 64.0 Å². The summed E-state index contributed by atoms with van der Waals surface area (Å²) in [4.78, 5) is 25.0. The second-order valence-corrected chi connectivity index (χ2v) is 9.83. The van der Waals surface area contributed by atoms with Gasteiger partial charge in [-0.2, -0.15) is 0 Å². The minimum Gasteiger partial charge on any atom is -0.353 e. The van der Waals surface area contributed by atoms with E-state index in [9.17, 15) is 9.59 Å². The van der Waals surface area contributed by atoms with Gasteiger partial charge in [0.05, 0.1) is 12.5 Å². The summed E-state index contributed by atoms with van der Waals surface area (Å²) in [5, 5.41) is 7.93. The van der Waals surface area contributed by atoms with Gasteiger partial charge in [0.15, 0.2) is 0 Å². The third kappa shape index (κ3) is 3.48. The second kappa shape index (κ2) is 6.87. The van der Waals surface area contributed by atoms with Crippen molar-refractivity contribution >= 4 is 23.3 Å². The fourth-order valence-electron chi connectivity index (χ4n) is 6.23. The number of primary amides is 1. The molecule has 4 saturated carbocycles. The van der Waals surface area contributed by atoms with E-state index >= 15 is 0 Å². The molecule has 0 saturated heterocycles. The summed E-state index contributed by atoms with van der Waals surface area (Å²) in [6.45, 7) is 2.19. The van der Waals surface area contributed by atoms with E-state index in [0.717, 1.165) is 22.6 Å². The maximum absolute atomic E-state index is 12.7. The van der Waals surface area contributed by atoms with Crippen molar-refractivity contribution in [3.63, 3.8) is 0 Å². The molecular formula is C20H29N3O2S. The third-order valence-electron chi connectivity index (χ3n) is 6.97.